The predicted molar refractivity (Wildman–Crippen MR) is 86.5 cm³/mol. The molecule has 0 spiro atoms. The molecule has 1 N–H and O–H groups in total. The Labute approximate surface area is 130 Å². The largest absolute Gasteiger partial charge is 0.313 e. The number of hydrogen-bond donors (Lipinski definition) is 1. The first-order valence-corrected chi connectivity index (χ1v) is 8.52. The van der Waals surface area contributed by atoms with Crippen LogP contribution in [0.2, 0.25) is 0 Å². The molecular weight excluding hydrogens is 317 g/mol. The summed E-state index contributed by atoms with van der Waals surface area (Å²) in [4.78, 5) is 0. The molecule has 0 amide bonds. The maximum Gasteiger partial charge on any atom is 0.126 e. The highest BCUT2D eigenvalue weighted by atomic mass is 79.9. The molecule has 1 nitrogen and oxygen atoms in total. The second kappa shape index (κ2) is 7.04. The van der Waals surface area contributed by atoms with E-state index in [0.29, 0.717) is 11.5 Å². The molecule has 0 radical (unpaired) electrons. The van der Waals surface area contributed by atoms with Gasteiger partial charge in [0, 0.05) is 10.5 Å². The Balaban J connectivity index is 2.18. The summed E-state index contributed by atoms with van der Waals surface area (Å²) in [5.74, 6) is -0.0875. The Hall–Kier alpha value is -0.410. The third kappa shape index (κ3) is 3.82. The average Bonchev–Trinajstić information content (AvgIpc) is 2.43. The Morgan fingerprint density at radius 1 is 1.30 bits per heavy atom. The SMILES string of the molecule is CCNC(Cc1cc(Br)ccc1F)C1(C)CCCCC1. The van der Waals surface area contributed by atoms with Gasteiger partial charge in [-0.2, -0.15) is 0 Å². The molecule has 1 aliphatic rings. The number of halogens is 2. The fourth-order valence-corrected chi connectivity index (χ4v) is 3.85. The maximum atomic E-state index is 14.0. The van der Waals surface area contributed by atoms with Crippen molar-refractivity contribution in [3.05, 3.63) is 34.1 Å². The van der Waals surface area contributed by atoms with Gasteiger partial charge in [0.1, 0.15) is 5.82 Å². The van der Waals surface area contributed by atoms with Crippen LogP contribution in [0.15, 0.2) is 22.7 Å². The fourth-order valence-electron chi connectivity index (χ4n) is 3.44. The van der Waals surface area contributed by atoms with Gasteiger partial charge in [0.15, 0.2) is 0 Å². The average molecular weight is 342 g/mol. The molecule has 1 aliphatic carbocycles. The van der Waals surface area contributed by atoms with E-state index >= 15 is 0 Å². The van der Waals surface area contributed by atoms with E-state index in [1.807, 2.05) is 6.07 Å². The van der Waals surface area contributed by atoms with E-state index < -0.39 is 0 Å². The van der Waals surface area contributed by atoms with Crippen molar-refractivity contribution in [1.29, 1.82) is 0 Å². The van der Waals surface area contributed by atoms with Gasteiger partial charge in [-0.15, -0.1) is 0 Å². The molecule has 1 fully saturated rings. The molecule has 1 atom stereocenters. The number of benzene rings is 1. The van der Waals surface area contributed by atoms with Gasteiger partial charge in [0.25, 0.3) is 0 Å². The summed E-state index contributed by atoms with van der Waals surface area (Å²) in [6, 6.07) is 5.61. The normalized spacial score (nSPS) is 19.8. The van der Waals surface area contributed by atoms with Gasteiger partial charge in [0.2, 0.25) is 0 Å². The topological polar surface area (TPSA) is 12.0 Å². The summed E-state index contributed by atoms with van der Waals surface area (Å²) < 4.78 is 15.0. The van der Waals surface area contributed by atoms with Crippen LogP contribution in [0.1, 0.15) is 51.5 Å². The molecule has 2 rings (SSSR count). The van der Waals surface area contributed by atoms with E-state index in [1.54, 1.807) is 12.1 Å². The highest BCUT2D eigenvalue weighted by Crippen LogP contribution is 2.40. The Bertz CT molecular complexity index is 441. The fraction of sp³-hybridized carbons (Fsp3) is 0.647. The Morgan fingerprint density at radius 3 is 2.65 bits per heavy atom. The molecule has 0 saturated heterocycles. The van der Waals surface area contributed by atoms with Gasteiger partial charge in [-0.1, -0.05) is 49.0 Å². The van der Waals surface area contributed by atoms with Crippen molar-refractivity contribution in [2.24, 2.45) is 5.41 Å². The smallest absolute Gasteiger partial charge is 0.126 e. The molecule has 20 heavy (non-hydrogen) atoms. The molecule has 0 aromatic heterocycles. The van der Waals surface area contributed by atoms with Crippen LogP contribution in [0.4, 0.5) is 4.39 Å². The molecule has 1 aromatic rings. The van der Waals surface area contributed by atoms with Crippen LogP contribution in [-0.4, -0.2) is 12.6 Å². The van der Waals surface area contributed by atoms with Crippen LogP contribution < -0.4 is 5.32 Å². The van der Waals surface area contributed by atoms with Crippen LogP contribution in [0, 0.1) is 11.2 Å². The van der Waals surface area contributed by atoms with Gasteiger partial charge < -0.3 is 5.32 Å². The van der Waals surface area contributed by atoms with Crippen molar-refractivity contribution < 1.29 is 4.39 Å². The third-order valence-corrected chi connectivity index (χ3v) is 5.21. The summed E-state index contributed by atoms with van der Waals surface area (Å²) in [5, 5.41) is 3.61. The van der Waals surface area contributed by atoms with Crippen molar-refractivity contribution in [3.63, 3.8) is 0 Å². The first-order chi connectivity index (χ1) is 9.55. The molecule has 0 heterocycles. The zero-order chi connectivity index (χ0) is 14.6. The van der Waals surface area contributed by atoms with Gasteiger partial charge in [-0.05, 0) is 55.0 Å². The maximum absolute atomic E-state index is 14.0. The van der Waals surface area contributed by atoms with Crippen LogP contribution >= 0.6 is 15.9 Å². The second-order valence-corrected chi connectivity index (χ2v) is 7.18. The summed E-state index contributed by atoms with van der Waals surface area (Å²) in [6.07, 6.45) is 7.23. The first-order valence-electron chi connectivity index (χ1n) is 7.72. The third-order valence-electron chi connectivity index (χ3n) is 4.72. The molecule has 0 aliphatic heterocycles. The zero-order valence-corrected chi connectivity index (χ0v) is 14.1. The first kappa shape index (κ1) is 16.0. The van der Waals surface area contributed by atoms with E-state index in [0.717, 1.165) is 23.0 Å². The minimum Gasteiger partial charge on any atom is -0.313 e. The van der Waals surface area contributed by atoms with Gasteiger partial charge >= 0.3 is 0 Å². The number of nitrogens with one attached hydrogen (secondary N) is 1. The standard InChI is InChI=1S/C17H25BrFN/c1-3-20-16(17(2)9-5-4-6-10-17)12-13-11-14(18)7-8-15(13)19/h7-8,11,16,20H,3-6,9-10,12H2,1-2H3. The lowest BCUT2D eigenvalue weighted by atomic mass is 9.69. The monoisotopic (exact) mass is 341 g/mol. The predicted octanol–water partition coefficient (Wildman–Crippen LogP) is 5.08. The number of likely N-dealkylation sites (N-methyl/N-ethyl adjacent to an activating group) is 1. The van der Waals surface area contributed by atoms with Crippen LogP contribution in [0.3, 0.4) is 0 Å². The van der Waals surface area contributed by atoms with E-state index in [-0.39, 0.29) is 5.82 Å². The minimum atomic E-state index is -0.0875. The Morgan fingerprint density at radius 2 is 2.00 bits per heavy atom. The molecule has 1 saturated carbocycles. The second-order valence-electron chi connectivity index (χ2n) is 6.26. The molecule has 3 heteroatoms. The van der Waals surface area contributed by atoms with Crippen molar-refractivity contribution in [1.82, 2.24) is 5.32 Å². The van der Waals surface area contributed by atoms with Gasteiger partial charge in [-0.25, -0.2) is 4.39 Å². The van der Waals surface area contributed by atoms with Crippen LogP contribution in [-0.2, 0) is 6.42 Å². The van der Waals surface area contributed by atoms with Crippen LogP contribution in [0.5, 0.6) is 0 Å². The van der Waals surface area contributed by atoms with Crippen LogP contribution in [0.25, 0.3) is 0 Å². The Kier molecular flexibility index (Phi) is 5.62. The summed E-state index contributed by atoms with van der Waals surface area (Å²) in [6.45, 7) is 5.45. The van der Waals surface area contributed by atoms with Gasteiger partial charge in [0.05, 0.1) is 0 Å². The summed E-state index contributed by atoms with van der Waals surface area (Å²) >= 11 is 3.45. The number of hydrogen-bond acceptors (Lipinski definition) is 1. The van der Waals surface area contributed by atoms with Crippen molar-refractivity contribution >= 4 is 15.9 Å². The molecule has 1 unspecified atom stereocenters. The van der Waals surface area contributed by atoms with E-state index in [4.69, 9.17) is 0 Å². The van der Waals surface area contributed by atoms with E-state index in [2.05, 4.69) is 35.1 Å². The zero-order valence-electron chi connectivity index (χ0n) is 12.5. The highest BCUT2D eigenvalue weighted by Gasteiger charge is 2.35. The summed E-state index contributed by atoms with van der Waals surface area (Å²) in [7, 11) is 0. The van der Waals surface area contributed by atoms with E-state index in [1.165, 1.54) is 32.1 Å². The molecule has 0 bridgehead atoms. The molecule has 112 valence electrons. The molecular formula is C17H25BrFN. The quantitative estimate of drug-likeness (QED) is 0.787. The van der Waals surface area contributed by atoms with Gasteiger partial charge in [-0.3, -0.25) is 0 Å². The lowest BCUT2D eigenvalue weighted by Crippen LogP contribution is -2.46. The minimum absolute atomic E-state index is 0.0875. The summed E-state index contributed by atoms with van der Waals surface area (Å²) in [5.41, 5.74) is 1.11. The molecule has 1 aromatic carbocycles. The number of rotatable bonds is 5. The lowest BCUT2D eigenvalue weighted by molar-refractivity contribution is 0.144. The van der Waals surface area contributed by atoms with E-state index in [9.17, 15) is 4.39 Å². The highest BCUT2D eigenvalue weighted by molar-refractivity contribution is 9.10. The lowest BCUT2D eigenvalue weighted by Gasteiger charge is -2.41. The van der Waals surface area contributed by atoms with Crippen molar-refractivity contribution in [2.75, 3.05) is 6.54 Å². The van der Waals surface area contributed by atoms with Crippen molar-refractivity contribution in [2.45, 2.75) is 58.4 Å². The van der Waals surface area contributed by atoms with Crippen molar-refractivity contribution in [3.8, 4) is 0 Å².